The van der Waals surface area contributed by atoms with E-state index in [1.165, 1.54) is 36.9 Å². The summed E-state index contributed by atoms with van der Waals surface area (Å²) in [6.07, 6.45) is 3.74. The van der Waals surface area contributed by atoms with E-state index in [1.807, 2.05) is 25.1 Å². The van der Waals surface area contributed by atoms with E-state index in [9.17, 15) is 19.2 Å². The van der Waals surface area contributed by atoms with E-state index in [0.29, 0.717) is 15.4 Å². The van der Waals surface area contributed by atoms with Crippen LogP contribution in [0.3, 0.4) is 0 Å². The van der Waals surface area contributed by atoms with E-state index in [4.69, 9.17) is 9.47 Å². The lowest BCUT2D eigenvalue weighted by Crippen LogP contribution is -2.23. The molecule has 0 bridgehead atoms. The van der Waals surface area contributed by atoms with Crippen LogP contribution < -0.4 is 10.1 Å². The SMILES string of the molecule is COC(=O)Cn1c(=NC(=O)CSCC(=O)Nc2sc3c(c2C(=O)OC)CCCC3)sc2cc(C)ccc21. The minimum atomic E-state index is -0.449. The average molecular weight is 562 g/mol. The highest BCUT2D eigenvalue weighted by Gasteiger charge is 2.27. The Hall–Kier alpha value is -2.96. The Bertz CT molecular complexity index is 1440. The van der Waals surface area contributed by atoms with Crippen molar-refractivity contribution in [3.8, 4) is 0 Å². The number of carbonyl (C=O) groups excluding carboxylic acids is 4. The molecule has 1 aliphatic rings. The highest BCUT2D eigenvalue weighted by Crippen LogP contribution is 2.38. The third-order valence-electron chi connectivity index (χ3n) is 5.85. The first-order valence-electron chi connectivity index (χ1n) is 11.7. The number of anilines is 1. The van der Waals surface area contributed by atoms with Gasteiger partial charge in [-0.3, -0.25) is 14.4 Å². The van der Waals surface area contributed by atoms with Gasteiger partial charge in [-0.1, -0.05) is 17.4 Å². The number of nitrogens with one attached hydrogen (secondary N) is 1. The standard InChI is InChI=1S/C25H27N3O6S3/c1-14-8-9-16-18(10-14)37-25(28(16)11-21(31)33-2)27-20(30)13-35-12-19(29)26-23-22(24(32)34-3)15-6-4-5-7-17(15)36-23/h8-10H,4-7,11-13H2,1-3H3,(H,26,29). The number of fused-ring (bicyclic) bond motifs is 2. The van der Waals surface area contributed by atoms with Crippen LogP contribution >= 0.6 is 34.4 Å². The topological polar surface area (TPSA) is 116 Å². The van der Waals surface area contributed by atoms with Crippen LogP contribution in [0.2, 0.25) is 0 Å². The second-order valence-corrected chi connectivity index (χ2v) is 11.6. The zero-order valence-corrected chi connectivity index (χ0v) is 23.2. The van der Waals surface area contributed by atoms with Crippen molar-refractivity contribution < 1.29 is 28.7 Å². The zero-order chi connectivity index (χ0) is 26.5. The molecule has 37 heavy (non-hydrogen) atoms. The summed E-state index contributed by atoms with van der Waals surface area (Å²) in [4.78, 5) is 55.2. The van der Waals surface area contributed by atoms with Gasteiger partial charge in [0.15, 0.2) is 4.80 Å². The molecule has 2 amide bonds. The number of ether oxygens (including phenoxy) is 2. The number of nitrogens with zero attached hydrogens (tertiary/aromatic N) is 2. The van der Waals surface area contributed by atoms with Gasteiger partial charge in [-0.15, -0.1) is 23.1 Å². The summed E-state index contributed by atoms with van der Waals surface area (Å²) in [6, 6.07) is 5.79. The first-order chi connectivity index (χ1) is 17.8. The van der Waals surface area contributed by atoms with Crippen molar-refractivity contribution in [3.63, 3.8) is 0 Å². The highest BCUT2D eigenvalue weighted by atomic mass is 32.2. The monoisotopic (exact) mass is 561 g/mol. The summed E-state index contributed by atoms with van der Waals surface area (Å²) >= 11 is 3.87. The molecule has 0 radical (unpaired) electrons. The average Bonchev–Trinajstić information content (AvgIpc) is 3.40. The minimum absolute atomic E-state index is 0.0102. The molecule has 0 aliphatic heterocycles. The largest absolute Gasteiger partial charge is 0.468 e. The summed E-state index contributed by atoms with van der Waals surface area (Å²) in [5.41, 5.74) is 3.26. The van der Waals surface area contributed by atoms with Crippen LogP contribution in [0.25, 0.3) is 10.2 Å². The number of esters is 2. The maximum atomic E-state index is 12.6. The molecule has 3 aromatic rings. The lowest BCUT2D eigenvalue weighted by Gasteiger charge is -2.11. The number of aryl methyl sites for hydroxylation is 2. The summed E-state index contributed by atoms with van der Waals surface area (Å²) < 4.78 is 12.3. The third-order valence-corrected chi connectivity index (χ3v) is 9.01. The first kappa shape index (κ1) is 27.1. The van der Waals surface area contributed by atoms with E-state index in [1.54, 1.807) is 4.57 Å². The van der Waals surface area contributed by atoms with Crippen LogP contribution in [0.1, 0.15) is 39.2 Å². The highest BCUT2D eigenvalue weighted by molar-refractivity contribution is 8.00. The van der Waals surface area contributed by atoms with Gasteiger partial charge in [0.25, 0.3) is 5.91 Å². The summed E-state index contributed by atoms with van der Waals surface area (Å²) in [5, 5.41) is 3.33. The minimum Gasteiger partial charge on any atom is -0.468 e. The van der Waals surface area contributed by atoms with E-state index >= 15 is 0 Å². The number of amides is 2. The maximum Gasteiger partial charge on any atom is 0.341 e. The number of aromatic nitrogens is 1. The van der Waals surface area contributed by atoms with Gasteiger partial charge in [-0.05, 0) is 55.9 Å². The predicted molar refractivity (Wildman–Crippen MR) is 145 cm³/mol. The van der Waals surface area contributed by atoms with Crippen LogP contribution in [0.4, 0.5) is 5.00 Å². The molecule has 0 fully saturated rings. The molecule has 12 heteroatoms. The zero-order valence-electron chi connectivity index (χ0n) is 20.8. The molecular formula is C25H27N3O6S3. The number of carbonyl (C=O) groups is 4. The van der Waals surface area contributed by atoms with E-state index < -0.39 is 17.8 Å². The molecule has 0 saturated carbocycles. The van der Waals surface area contributed by atoms with Gasteiger partial charge in [-0.25, -0.2) is 4.79 Å². The van der Waals surface area contributed by atoms with Gasteiger partial charge in [0.05, 0.1) is 41.5 Å². The Kier molecular flexibility index (Phi) is 8.83. The van der Waals surface area contributed by atoms with Crippen molar-refractivity contribution in [2.24, 2.45) is 4.99 Å². The molecule has 1 aromatic carbocycles. The quantitative estimate of drug-likeness (QED) is 0.417. The lowest BCUT2D eigenvalue weighted by molar-refractivity contribution is -0.141. The maximum absolute atomic E-state index is 12.6. The summed E-state index contributed by atoms with van der Waals surface area (Å²) in [7, 11) is 2.64. The fourth-order valence-corrected chi connectivity index (χ4v) is 7.15. The number of hydrogen-bond acceptors (Lipinski definition) is 9. The first-order valence-corrected chi connectivity index (χ1v) is 14.4. The van der Waals surface area contributed by atoms with Crippen molar-refractivity contribution in [1.82, 2.24) is 4.57 Å². The van der Waals surface area contributed by atoms with Crippen LogP contribution in [-0.4, -0.2) is 54.0 Å². The van der Waals surface area contributed by atoms with Gasteiger partial charge in [-0.2, -0.15) is 4.99 Å². The van der Waals surface area contributed by atoms with Gasteiger partial charge >= 0.3 is 11.9 Å². The van der Waals surface area contributed by atoms with Crippen molar-refractivity contribution in [2.75, 3.05) is 31.0 Å². The van der Waals surface area contributed by atoms with Crippen LogP contribution in [0.15, 0.2) is 23.2 Å². The molecule has 196 valence electrons. The van der Waals surface area contributed by atoms with Crippen LogP contribution in [0, 0.1) is 6.92 Å². The second kappa shape index (κ2) is 12.1. The van der Waals surface area contributed by atoms with Crippen LogP contribution in [0.5, 0.6) is 0 Å². The summed E-state index contributed by atoms with van der Waals surface area (Å²) in [6.45, 7) is 1.90. The van der Waals surface area contributed by atoms with Crippen molar-refractivity contribution >= 4 is 73.4 Å². The molecule has 0 saturated heterocycles. The Balaban J connectivity index is 1.43. The molecule has 0 spiro atoms. The second-order valence-electron chi connectivity index (χ2n) is 8.47. The lowest BCUT2D eigenvalue weighted by atomic mass is 9.95. The van der Waals surface area contributed by atoms with Gasteiger partial charge in [0.2, 0.25) is 5.91 Å². The molecule has 1 aliphatic carbocycles. The fourth-order valence-electron chi connectivity index (χ4n) is 4.12. The van der Waals surface area contributed by atoms with Crippen LogP contribution in [-0.2, 0) is 43.2 Å². The summed E-state index contributed by atoms with van der Waals surface area (Å²) in [5.74, 6) is -1.60. The third kappa shape index (κ3) is 6.31. The number of rotatable bonds is 8. The van der Waals surface area contributed by atoms with Crippen molar-refractivity contribution in [1.29, 1.82) is 0 Å². The van der Waals surface area contributed by atoms with Gasteiger partial charge in [0, 0.05) is 4.88 Å². The molecule has 1 N–H and O–H groups in total. The molecule has 0 atom stereocenters. The smallest absolute Gasteiger partial charge is 0.341 e. The Morgan fingerprint density at radius 2 is 1.86 bits per heavy atom. The van der Waals surface area contributed by atoms with Gasteiger partial charge in [0.1, 0.15) is 11.5 Å². The van der Waals surface area contributed by atoms with E-state index in [0.717, 1.165) is 63.7 Å². The number of benzene rings is 1. The van der Waals surface area contributed by atoms with Crippen molar-refractivity contribution in [3.05, 3.63) is 44.6 Å². The van der Waals surface area contributed by atoms with E-state index in [2.05, 4.69) is 10.3 Å². The Morgan fingerprint density at radius 3 is 2.62 bits per heavy atom. The van der Waals surface area contributed by atoms with E-state index in [-0.39, 0.29) is 24.0 Å². The number of thioether (sulfide) groups is 1. The Labute approximate surface area is 225 Å². The number of methoxy groups -OCH3 is 2. The molecule has 2 heterocycles. The molecule has 4 rings (SSSR count). The number of thiophene rings is 1. The Morgan fingerprint density at radius 1 is 1.08 bits per heavy atom. The number of hydrogen-bond donors (Lipinski definition) is 1. The number of thiazole rings is 1. The molecule has 2 aromatic heterocycles. The van der Waals surface area contributed by atoms with Gasteiger partial charge < -0.3 is 19.4 Å². The normalized spacial score (nSPS) is 13.3. The molecular weight excluding hydrogens is 534 g/mol. The molecule has 0 unspecified atom stereocenters. The molecule has 9 nitrogen and oxygen atoms in total. The fraction of sp³-hybridized carbons (Fsp3) is 0.400. The predicted octanol–water partition coefficient (Wildman–Crippen LogP) is 3.71. The van der Waals surface area contributed by atoms with Crippen molar-refractivity contribution in [2.45, 2.75) is 39.2 Å².